The van der Waals surface area contributed by atoms with E-state index in [0.717, 1.165) is 19.3 Å². The summed E-state index contributed by atoms with van der Waals surface area (Å²) >= 11 is 0. The van der Waals surface area contributed by atoms with Gasteiger partial charge < -0.3 is 10.4 Å². The first-order valence-corrected chi connectivity index (χ1v) is 6.64. The van der Waals surface area contributed by atoms with Gasteiger partial charge in [0.1, 0.15) is 0 Å². The molecule has 96 valence electrons. The van der Waals surface area contributed by atoms with Gasteiger partial charge in [0.2, 0.25) is 0 Å². The van der Waals surface area contributed by atoms with Crippen molar-refractivity contribution in [3.05, 3.63) is 17.5 Å². The molecule has 1 heterocycles. The number of hydrogen-bond acceptors (Lipinski definition) is 3. The number of rotatable bonds is 5. The van der Waals surface area contributed by atoms with Crippen LogP contribution >= 0.6 is 0 Å². The summed E-state index contributed by atoms with van der Waals surface area (Å²) in [5.41, 5.74) is 2.72. The lowest BCUT2D eigenvalue weighted by Crippen LogP contribution is -2.34. The Balaban J connectivity index is 2.07. The molecule has 2 unspecified atom stereocenters. The molecule has 0 saturated heterocycles. The standard InChI is InChI=1S/C13H23N3O/c1-3-10(7-8-17)15-12-5-4-6-13-11(12)9-14-16(13)2/h9-10,12,15,17H,3-8H2,1-2H3. The van der Waals surface area contributed by atoms with Crippen LogP contribution in [-0.2, 0) is 13.5 Å². The molecule has 1 aromatic rings. The maximum atomic E-state index is 9.04. The van der Waals surface area contributed by atoms with Gasteiger partial charge in [-0.05, 0) is 32.1 Å². The van der Waals surface area contributed by atoms with Crippen LogP contribution in [0.5, 0.6) is 0 Å². The summed E-state index contributed by atoms with van der Waals surface area (Å²) in [6, 6.07) is 0.833. The average Bonchev–Trinajstić information content (AvgIpc) is 2.72. The fraction of sp³-hybridized carbons (Fsp3) is 0.769. The van der Waals surface area contributed by atoms with Gasteiger partial charge in [0, 0.05) is 37.0 Å². The highest BCUT2D eigenvalue weighted by molar-refractivity contribution is 5.24. The molecular weight excluding hydrogens is 214 g/mol. The highest BCUT2D eigenvalue weighted by Crippen LogP contribution is 2.29. The van der Waals surface area contributed by atoms with Gasteiger partial charge in [0.25, 0.3) is 0 Å². The first-order valence-electron chi connectivity index (χ1n) is 6.64. The molecule has 2 N–H and O–H groups in total. The Morgan fingerprint density at radius 1 is 1.65 bits per heavy atom. The van der Waals surface area contributed by atoms with E-state index in [-0.39, 0.29) is 6.61 Å². The van der Waals surface area contributed by atoms with E-state index in [2.05, 4.69) is 17.3 Å². The molecule has 1 aromatic heterocycles. The maximum absolute atomic E-state index is 9.04. The monoisotopic (exact) mass is 237 g/mol. The van der Waals surface area contributed by atoms with Gasteiger partial charge in [-0.3, -0.25) is 4.68 Å². The van der Waals surface area contributed by atoms with Crippen molar-refractivity contribution in [2.75, 3.05) is 6.61 Å². The second-order valence-corrected chi connectivity index (χ2v) is 4.90. The van der Waals surface area contributed by atoms with Crippen LogP contribution in [-0.4, -0.2) is 27.5 Å². The minimum Gasteiger partial charge on any atom is -0.396 e. The van der Waals surface area contributed by atoms with Crippen LogP contribution in [0.1, 0.15) is 49.9 Å². The summed E-state index contributed by atoms with van der Waals surface area (Å²) < 4.78 is 2.00. The van der Waals surface area contributed by atoms with Crippen LogP contribution in [0.3, 0.4) is 0 Å². The highest BCUT2D eigenvalue weighted by atomic mass is 16.3. The van der Waals surface area contributed by atoms with Crippen LogP contribution in [0, 0.1) is 0 Å². The van der Waals surface area contributed by atoms with Crippen molar-refractivity contribution >= 4 is 0 Å². The van der Waals surface area contributed by atoms with E-state index in [1.165, 1.54) is 24.1 Å². The third-order valence-electron chi connectivity index (χ3n) is 3.78. The van der Waals surface area contributed by atoms with Gasteiger partial charge in [-0.15, -0.1) is 0 Å². The quantitative estimate of drug-likeness (QED) is 0.817. The van der Waals surface area contributed by atoms with Crippen LogP contribution in [0.2, 0.25) is 0 Å². The summed E-state index contributed by atoms with van der Waals surface area (Å²) in [5, 5.41) is 17.1. The van der Waals surface area contributed by atoms with Crippen molar-refractivity contribution < 1.29 is 5.11 Å². The van der Waals surface area contributed by atoms with E-state index in [0.29, 0.717) is 12.1 Å². The summed E-state index contributed by atoms with van der Waals surface area (Å²) in [7, 11) is 2.02. The summed E-state index contributed by atoms with van der Waals surface area (Å²) in [5.74, 6) is 0. The fourth-order valence-corrected chi connectivity index (χ4v) is 2.72. The second kappa shape index (κ2) is 5.65. The van der Waals surface area contributed by atoms with E-state index in [1.807, 2.05) is 17.9 Å². The third kappa shape index (κ3) is 2.69. The van der Waals surface area contributed by atoms with Gasteiger partial charge in [0.15, 0.2) is 0 Å². The number of aromatic nitrogens is 2. The number of aliphatic hydroxyl groups is 1. The molecule has 0 amide bonds. The SMILES string of the molecule is CCC(CCO)NC1CCCc2c1cnn2C. The largest absolute Gasteiger partial charge is 0.396 e. The molecule has 0 bridgehead atoms. The van der Waals surface area contributed by atoms with Crippen molar-refractivity contribution in [3.8, 4) is 0 Å². The smallest absolute Gasteiger partial charge is 0.0540 e. The zero-order valence-electron chi connectivity index (χ0n) is 10.8. The van der Waals surface area contributed by atoms with Gasteiger partial charge >= 0.3 is 0 Å². The Labute approximate surface area is 103 Å². The van der Waals surface area contributed by atoms with Crippen molar-refractivity contribution in [2.24, 2.45) is 7.05 Å². The van der Waals surface area contributed by atoms with Crippen LogP contribution in [0.25, 0.3) is 0 Å². The van der Waals surface area contributed by atoms with Crippen molar-refractivity contribution in [3.63, 3.8) is 0 Å². The molecule has 0 radical (unpaired) electrons. The second-order valence-electron chi connectivity index (χ2n) is 4.90. The molecule has 1 aliphatic rings. The van der Waals surface area contributed by atoms with Crippen LogP contribution in [0.15, 0.2) is 6.20 Å². The first-order chi connectivity index (χ1) is 8.26. The lowest BCUT2D eigenvalue weighted by atomic mass is 9.92. The Bertz CT molecular complexity index is 362. The summed E-state index contributed by atoms with van der Waals surface area (Å²) in [6.07, 6.45) is 7.44. The number of aliphatic hydroxyl groups excluding tert-OH is 1. The number of nitrogens with one attached hydrogen (secondary N) is 1. The Hall–Kier alpha value is -0.870. The van der Waals surface area contributed by atoms with Gasteiger partial charge in [-0.1, -0.05) is 6.92 Å². The molecule has 1 aliphatic carbocycles. The molecule has 4 heteroatoms. The van der Waals surface area contributed by atoms with Gasteiger partial charge in [0.05, 0.1) is 6.20 Å². The minimum atomic E-state index is 0.262. The molecule has 2 rings (SSSR count). The Kier molecular flexibility index (Phi) is 4.18. The van der Waals surface area contributed by atoms with E-state index < -0.39 is 0 Å². The molecule has 0 aromatic carbocycles. The fourth-order valence-electron chi connectivity index (χ4n) is 2.72. The van der Waals surface area contributed by atoms with E-state index in [1.54, 1.807) is 0 Å². The zero-order valence-corrected chi connectivity index (χ0v) is 10.8. The van der Waals surface area contributed by atoms with Crippen LogP contribution < -0.4 is 5.32 Å². The molecule has 0 spiro atoms. The van der Waals surface area contributed by atoms with E-state index >= 15 is 0 Å². The van der Waals surface area contributed by atoms with Gasteiger partial charge in [-0.2, -0.15) is 5.10 Å². The summed E-state index contributed by atoms with van der Waals surface area (Å²) in [4.78, 5) is 0. The van der Waals surface area contributed by atoms with E-state index in [9.17, 15) is 0 Å². The Morgan fingerprint density at radius 3 is 3.18 bits per heavy atom. The molecule has 17 heavy (non-hydrogen) atoms. The first kappa shape index (κ1) is 12.6. The molecule has 0 saturated carbocycles. The lowest BCUT2D eigenvalue weighted by Gasteiger charge is -2.28. The summed E-state index contributed by atoms with van der Waals surface area (Å²) in [6.45, 7) is 2.43. The van der Waals surface area contributed by atoms with Gasteiger partial charge in [-0.25, -0.2) is 0 Å². The molecular formula is C13H23N3O. The van der Waals surface area contributed by atoms with Crippen molar-refractivity contribution in [2.45, 2.75) is 51.1 Å². The zero-order chi connectivity index (χ0) is 12.3. The normalized spacial score (nSPS) is 21.2. The van der Waals surface area contributed by atoms with Crippen molar-refractivity contribution in [1.82, 2.24) is 15.1 Å². The predicted molar refractivity (Wildman–Crippen MR) is 67.8 cm³/mol. The number of hydrogen-bond donors (Lipinski definition) is 2. The molecule has 4 nitrogen and oxygen atoms in total. The maximum Gasteiger partial charge on any atom is 0.0540 e. The van der Waals surface area contributed by atoms with Crippen LogP contribution in [0.4, 0.5) is 0 Å². The predicted octanol–water partition coefficient (Wildman–Crippen LogP) is 1.55. The molecule has 2 atom stereocenters. The Morgan fingerprint density at radius 2 is 2.47 bits per heavy atom. The number of fused-ring (bicyclic) bond motifs is 1. The molecule has 0 aliphatic heterocycles. The lowest BCUT2D eigenvalue weighted by molar-refractivity contribution is 0.251. The topological polar surface area (TPSA) is 50.1 Å². The van der Waals surface area contributed by atoms with Crippen molar-refractivity contribution in [1.29, 1.82) is 0 Å². The number of nitrogens with zero attached hydrogens (tertiary/aromatic N) is 2. The third-order valence-corrected chi connectivity index (χ3v) is 3.78. The number of aryl methyl sites for hydroxylation is 1. The minimum absolute atomic E-state index is 0.262. The van der Waals surface area contributed by atoms with E-state index in [4.69, 9.17) is 5.11 Å². The highest BCUT2D eigenvalue weighted by Gasteiger charge is 2.24. The average molecular weight is 237 g/mol. The molecule has 0 fully saturated rings.